The summed E-state index contributed by atoms with van der Waals surface area (Å²) in [6.45, 7) is 2.20. The Labute approximate surface area is 181 Å². The van der Waals surface area contributed by atoms with E-state index in [2.05, 4.69) is 5.32 Å². The summed E-state index contributed by atoms with van der Waals surface area (Å²) in [5.41, 5.74) is 1.98. The number of carbonyl (C=O) groups is 2. The molecule has 3 rings (SSSR count). The van der Waals surface area contributed by atoms with E-state index in [1.807, 2.05) is 61.5 Å². The van der Waals surface area contributed by atoms with Crippen molar-refractivity contribution in [3.05, 3.63) is 90.0 Å². The third-order valence-electron chi connectivity index (χ3n) is 4.47. The lowest BCUT2D eigenvalue weighted by Crippen LogP contribution is -2.22. The molecule has 3 aromatic carbocycles. The second-order valence-electron chi connectivity index (χ2n) is 6.64. The number of aryl methyl sites for hydroxylation is 1. The first-order chi connectivity index (χ1) is 15.2. The maximum absolute atomic E-state index is 12.5. The highest BCUT2D eigenvalue weighted by atomic mass is 16.5. The smallest absolute Gasteiger partial charge is 0.342 e. The summed E-state index contributed by atoms with van der Waals surface area (Å²) in [6, 6.07) is 23.7. The Balaban J connectivity index is 1.50. The average molecular weight is 419 g/mol. The van der Waals surface area contributed by atoms with Crippen molar-refractivity contribution in [2.24, 2.45) is 0 Å². The highest BCUT2D eigenvalue weighted by molar-refractivity contribution is 5.97. The van der Waals surface area contributed by atoms with E-state index in [1.165, 1.54) is 0 Å². The van der Waals surface area contributed by atoms with Gasteiger partial charge in [0.25, 0.3) is 5.91 Å². The fourth-order valence-corrected chi connectivity index (χ4v) is 2.93. The van der Waals surface area contributed by atoms with Gasteiger partial charge in [0.1, 0.15) is 30.3 Å². The maximum atomic E-state index is 12.5. The van der Waals surface area contributed by atoms with Crippen molar-refractivity contribution in [1.82, 2.24) is 0 Å². The van der Waals surface area contributed by atoms with Gasteiger partial charge in [-0.3, -0.25) is 4.79 Å². The van der Waals surface area contributed by atoms with Crippen molar-refractivity contribution in [3.63, 3.8) is 0 Å². The monoisotopic (exact) mass is 419 g/mol. The van der Waals surface area contributed by atoms with E-state index in [9.17, 15) is 9.59 Å². The van der Waals surface area contributed by atoms with E-state index < -0.39 is 11.9 Å². The molecule has 0 spiro atoms. The Hall–Kier alpha value is -3.80. The Morgan fingerprint density at radius 3 is 2.29 bits per heavy atom. The highest BCUT2D eigenvalue weighted by Crippen LogP contribution is 2.20. The standard InChI is InChI=1S/C25H25NO5/c1-2-19-10-6-8-14-22(19)26-24(27)18-31-25(28)21-13-7-9-15-23(21)30-17-16-29-20-11-4-3-5-12-20/h3-15H,2,16-18H2,1H3,(H,26,27). The van der Waals surface area contributed by atoms with Crippen molar-refractivity contribution < 1.29 is 23.8 Å². The van der Waals surface area contributed by atoms with Crippen molar-refractivity contribution in [3.8, 4) is 11.5 Å². The van der Waals surface area contributed by atoms with E-state index >= 15 is 0 Å². The summed E-state index contributed by atoms with van der Waals surface area (Å²) in [5, 5.41) is 2.78. The number of benzene rings is 3. The van der Waals surface area contributed by atoms with Crippen LogP contribution in [0.5, 0.6) is 11.5 Å². The first-order valence-corrected chi connectivity index (χ1v) is 10.1. The number of carbonyl (C=O) groups excluding carboxylic acids is 2. The lowest BCUT2D eigenvalue weighted by molar-refractivity contribution is -0.119. The van der Waals surface area contributed by atoms with Gasteiger partial charge in [-0.2, -0.15) is 0 Å². The molecule has 6 heteroatoms. The van der Waals surface area contributed by atoms with Gasteiger partial charge in [-0.05, 0) is 42.3 Å². The number of hydrogen-bond donors (Lipinski definition) is 1. The van der Waals surface area contributed by atoms with Gasteiger partial charge >= 0.3 is 5.97 Å². The van der Waals surface area contributed by atoms with Gasteiger partial charge in [-0.25, -0.2) is 4.79 Å². The first-order valence-electron chi connectivity index (χ1n) is 10.1. The summed E-state index contributed by atoms with van der Waals surface area (Å²) in [7, 11) is 0. The zero-order valence-electron chi connectivity index (χ0n) is 17.4. The Bertz CT molecular complexity index is 1000. The van der Waals surface area contributed by atoms with Crippen LogP contribution in [0.1, 0.15) is 22.8 Å². The molecule has 31 heavy (non-hydrogen) atoms. The van der Waals surface area contributed by atoms with Crippen molar-refractivity contribution in [2.75, 3.05) is 25.1 Å². The van der Waals surface area contributed by atoms with Gasteiger partial charge in [0.2, 0.25) is 0 Å². The van der Waals surface area contributed by atoms with Crippen LogP contribution in [0.15, 0.2) is 78.9 Å². The second-order valence-corrected chi connectivity index (χ2v) is 6.64. The zero-order chi connectivity index (χ0) is 21.9. The molecule has 0 unspecified atom stereocenters. The summed E-state index contributed by atoms with van der Waals surface area (Å²) in [6.07, 6.45) is 0.787. The van der Waals surface area contributed by atoms with Crippen LogP contribution in [0, 0.1) is 0 Å². The fourth-order valence-electron chi connectivity index (χ4n) is 2.93. The number of para-hydroxylation sites is 3. The lowest BCUT2D eigenvalue weighted by atomic mass is 10.1. The predicted octanol–water partition coefficient (Wildman–Crippen LogP) is 4.50. The topological polar surface area (TPSA) is 73.9 Å². The van der Waals surface area contributed by atoms with E-state index in [1.54, 1.807) is 24.3 Å². The molecule has 0 heterocycles. The van der Waals surface area contributed by atoms with Gasteiger partial charge in [0.15, 0.2) is 6.61 Å². The van der Waals surface area contributed by atoms with Gasteiger partial charge in [-0.1, -0.05) is 55.5 Å². The van der Waals surface area contributed by atoms with E-state index in [-0.39, 0.29) is 18.8 Å². The van der Waals surface area contributed by atoms with Gasteiger partial charge < -0.3 is 19.5 Å². The van der Waals surface area contributed by atoms with Crippen LogP contribution in [0.25, 0.3) is 0 Å². The largest absolute Gasteiger partial charge is 0.490 e. The van der Waals surface area contributed by atoms with Crippen LogP contribution >= 0.6 is 0 Å². The lowest BCUT2D eigenvalue weighted by Gasteiger charge is -2.12. The van der Waals surface area contributed by atoms with Crippen LogP contribution in [-0.2, 0) is 16.0 Å². The number of esters is 1. The Morgan fingerprint density at radius 1 is 0.806 bits per heavy atom. The quantitative estimate of drug-likeness (QED) is 0.387. The van der Waals surface area contributed by atoms with Crippen LogP contribution in [-0.4, -0.2) is 31.7 Å². The SMILES string of the molecule is CCc1ccccc1NC(=O)COC(=O)c1ccccc1OCCOc1ccccc1. The Morgan fingerprint density at radius 2 is 1.48 bits per heavy atom. The summed E-state index contributed by atoms with van der Waals surface area (Å²) in [5.74, 6) is 0.0952. The molecule has 0 saturated carbocycles. The summed E-state index contributed by atoms with van der Waals surface area (Å²) in [4.78, 5) is 24.7. The van der Waals surface area contributed by atoms with Gasteiger partial charge in [0, 0.05) is 5.69 Å². The first kappa shape index (κ1) is 21.9. The minimum atomic E-state index is -0.626. The van der Waals surface area contributed by atoms with E-state index in [0.29, 0.717) is 18.0 Å². The minimum absolute atomic E-state index is 0.254. The third kappa shape index (κ3) is 6.60. The number of anilines is 1. The molecular formula is C25H25NO5. The molecule has 0 atom stereocenters. The molecule has 0 aromatic heterocycles. The van der Waals surface area contributed by atoms with Crippen molar-refractivity contribution >= 4 is 17.6 Å². The molecule has 1 N–H and O–H groups in total. The van der Waals surface area contributed by atoms with Gasteiger partial charge in [-0.15, -0.1) is 0 Å². The predicted molar refractivity (Wildman–Crippen MR) is 119 cm³/mol. The normalized spacial score (nSPS) is 10.2. The van der Waals surface area contributed by atoms with Gasteiger partial charge in [0.05, 0.1) is 0 Å². The molecule has 0 bridgehead atoms. The molecule has 0 saturated heterocycles. The van der Waals surface area contributed by atoms with Crippen molar-refractivity contribution in [2.45, 2.75) is 13.3 Å². The molecule has 0 aliphatic heterocycles. The molecule has 3 aromatic rings. The minimum Gasteiger partial charge on any atom is -0.490 e. The molecule has 0 aliphatic carbocycles. The highest BCUT2D eigenvalue weighted by Gasteiger charge is 2.16. The fraction of sp³-hybridized carbons (Fsp3) is 0.200. The molecule has 0 aliphatic rings. The molecule has 160 valence electrons. The van der Waals surface area contributed by atoms with Crippen LogP contribution < -0.4 is 14.8 Å². The molecule has 0 fully saturated rings. The zero-order valence-corrected chi connectivity index (χ0v) is 17.4. The number of amides is 1. The molecule has 6 nitrogen and oxygen atoms in total. The number of rotatable bonds is 10. The van der Waals surface area contributed by atoms with E-state index in [4.69, 9.17) is 14.2 Å². The number of hydrogen-bond acceptors (Lipinski definition) is 5. The van der Waals surface area contributed by atoms with Crippen molar-refractivity contribution in [1.29, 1.82) is 0 Å². The number of nitrogens with one attached hydrogen (secondary N) is 1. The number of ether oxygens (including phenoxy) is 3. The molecule has 1 amide bonds. The second kappa shape index (κ2) is 11.4. The van der Waals surface area contributed by atoms with E-state index in [0.717, 1.165) is 17.7 Å². The molecular weight excluding hydrogens is 394 g/mol. The van der Waals surface area contributed by atoms with Crippen LogP contribution in [0.2, 0.25) is 0 Å². The third-order valence-corrected chi connectivity index (χ3v) is 4.47. The van der Waals surface area contributed by atoms with Crippen LogP contribution in [0.4, 0.5) is 5.69 Å². The molecule has 0 radical (unpaired) electrons. The van der Waals surface area contributed by atoms with Crippen LogP contribution in [0.3, 0.4) is 0 Å². The average Bonchev–Trinajstić information content (AvgIpc) is 2.81. The Kier molecular flexibility index (Phi) is 8.05. The summed E-state index contributed by atoms with van der Waals surface area (Å²) < 4.78 is 16.5. The maximum Gasteiger partial charge on any atom is 0.342 e. The summed E-state index contributed by atoms with van der Waals surface area (Å²) >= 11 is 0.